The molecule has 2 fully saturated rings. The van der Waals surface area contributed by atoms with Crippen LogP contribution in [0.25, 0.3) is 11.1 Å². The van der Waals surface area contributed by atoms with E-state index >= 15 is 0 Å². The summed E-state index contributed by atoms with van der Waals surface area (Å²) in [7, 11) is 1.67. The number of carbonyl (C=O) groups excluding carboxylic acids is 1. The van der Waals surface area contributed by atoms with Crippen molar-refractivity contribution in [1.29, 1.82) is 0 Å². The summed E-state index contributed by atoms with van der Waals surface area (Å²) in [5.74, 6) is 1.33. The maximum absolute atomic E-state index is 12.5. The zero-order valence-electron chi connectivity index (χ0n) is 14.9. The molecule has 1 spiro atoms. The van der Waals surface area contributed by atoms with E-state index in [0.717, 1.165) is 38.1 Å². The number of benzene rings is 1. The molecule has 4 rings (SSSR count). The predicted octanol–water partition coefficient (Wildman–Crippen LogP) is 3.85. The minimum atomic E-state index is 0. The number of hydrogen-bond acceptors (Lipinski definition) is 4. The van der Waals surface area contributed by atoms with Gasteiger partial charge in [0.2, 0.25) is 5.91 Å². The molecular weight excluding hydrogens is 368 g/mol. The topological polar surface area (TPSA) is 50.4 Å². The van der Waals surface area contributed by atoms with Crippen molar-refractivity contribution in [2.24, 2.45) is 11.3 Å². The van der Waals surface area contributed by atoms with Crippen molar-refractivity contribution in [2.45, 2.75) is 25.8 Å². The van der Waals surface area contributed by atoms with Crippen LogP contribution in [0, 0.1) is 11.3 Å². The summed E-state index contributed by atoms with van der Waals surface area (Å²) in [6.45, 7) is 2.74. The van der Waals surface area contributed by atoms with Gasteiger partial charge in [-0.3, -0.25) is 4.79 Å². The number of rotatable bonds is 5. The Morgan fingerprint density at radius 2 is 2.00 bits per heavy atom. The van der Waals surface area contributed by atoms with Crippen LogP contribution in [0.5, 0.6) is 5.75 Å². The van der Waals surface area contributed by atoms with Crippen molar-refractivity contribution in [2.75, 3.05) is 20.2 Å². The lowest BCUT2D eigenvalue weighted by molar-refractivity contribution is -0.123. The van der Waals surface area contributed by atoms with Gasteiger partial charge in [-0.2, -0.15) is 0 Å². The Bertz CT molecular complexity index is 753. The third-order valence-electron chi connectivity index (χ3n) is 5.62. The van der Waals surface area contributed by atoms with E-state index < -0.39 is 0 Å². The zero-order valence-corrected chi connectivity index (χ0v) is 16.6. The molecule has 1 aromatic carbocycles. The molecular formula is C20H25ClN2O2S. The molecule has 2 aromatic rings. The van der Waals surface area contributed by atoms with Gasteiger partial charge in [0.15, 0.2) is 0 Å². The Morgan fingerprint density at radius 1 is 1.27 bits per heavy atom. The molecule has 2 N–H and O–H groups in total. The molecule has 1 saturated carbocycles. The van der Waals surface area contributed by atoms with Gasteiger partial charge in [-0.15, -0.1) is 23.7 Å². The van der Waals surface area contributed by atoms with E-state index in [4.69, 9.17) is 4.74 Å². The lowest BCUT2D eigenvalue weighted by Crippen LogP contribution is -2.33. The number of piperidine rings is 1. The molecule has 2 aliphatic rings. The second kappa shape index (κ2) is 7.99. The van der Waals surface area contributed by atoms with Crippen LogP contribution in [0.2, 0.25) is 0 Å². The number of carbonyl (C=O) groups is 1. The van der Waals surface area contributed by atoms with E-state index in [-0.39, 0.29) is 24.2 Å². The first kappa shape index (κ1) is 19.2. The van der Waals surface area contributed by atoms with Crippen molar-refractivity contribution in [3.05, 3.63) is 40.6 Å². The first-order chi connectivity index (χ1) is 12.2. The molecule has 1 aliphatic heterocycles. The summed E-state index contributed by atoms with van der Waals surface area (Å²) in [4.78, 5) is 13.7. The van der Waals surface area contributed by atoms with E-state index in [2.05, 4.69) is 34.2 Å². The van der Waals surface area contributed by atoms with Crippen LogP contribution in [-0.2, 0) is 11.3 Å². The van der Waals surface area contributed by atoms with Gasteiger partial charge >= 0.3 is 0 Å². The fourth-order valence-corrected chi connectivity index (χ4v) is 4.73. The van der Waals surface area contributed by atoms with E-state index in [9.17, 15) is 4.79 Å². The van der Waals surface area contributed by atoms with Crippen molar-refractivity contribution < 1.29 is 9.53 Å². The zero-order chi connectivity index (χ0) is 17.3. The van der Waals surface area contributed by atoms with Crippen LogP contribution in [0.1, 0.15) is 24.1 Å². The Labute approximate surface area is 164 Å². The summed E-state index contributed by atoms with van der Waals surface area (Å²) in [6.07, 6.45) is 3.36. The van der Waals surface area contributed by atoms with Crippen molar-refractivity contribution in [3.8, 4) is 16.9 Å². The van der Waals surface area contributed by atoms with Crippen LogP contribution in [0.15, 0.2) is 35.7 Å². The van der Waals surface area contributed by atoms with Crippen LogP contribution < -0.4 is 15.4 Å². The highest BCUT2D eigenvalue weighted by atomic mass is 35.5. The second-order valence-electron chi connectivity index (χ2n) is 7.12. The molecule has 0 bridgehead atoms. The number of ether oxygens (including phenoxy) is 1. The molecule has 1 unspecified atom stereocenters. The molecule has 2 heterocycles. The van der Waals surface area contributed by atoms with Crippen LogP contribution >= 0.6 is 23.7 Å². The van der Waals surface area contributed by atoms with Gasteiger partial charge in [0.25, 0.3) is 0 Å². The van der Waals surface area contributed by atoms with Crippen molar-refractivity contribution in [3.63, 3.8) is 0 Å². The molecule has 1 saturated heterocycles. The Hall–Kier alpha value is -1.56. The summed E-state index contributed by atoms with van der Waals surface area (Å²) in [6, 6.07) is 10.2. The van der Waals surface area contributed by atoms with E-state index in [1.54, 1.807) is 18.4 Å². The summed E-state index contributed by atoms with van der Waals surface area (Å²) < 4.78 is 5.20. The van der Waals surface area contributed by atoms with Gasteiger partial charge < -0.3 is 15.4 Å². The van der Waals surface area contributed by atoms with Gasteiger partial charge in [0.05, 0.1) is 13.7 Å². The van der Waals surface area contributed by atoms with Gasteiger partial charge in [-0.1, -0.05) is 12.1 Å². The number of nitrogens with one attached hydrogen (secondary N) is 2. The monoisotopic (exact) mass is 392 g/mol. The smallest absolute Gasteiger partial charge is 0.223 e. The molecule has 1 aromatic heterocycles. The second-order valence-corrected chi connectivity index (χ2v) is 8.11. The van der Waals surface area contributed by atoms with E-state index in [0.29, 0.717) is 12.0 Å². The molecule has 26 heavy (non-hydrogen) atoms. The first-order valence-corrected chi connectivity index (χ1v) is 9.78. The quantitative estimate of drug-likeness (QED) is 0.812. The van der Waals surface area contributed by atoms with E-state index in [1.165, 1.54) is 16.0 Å². The summed E-state index contributed by atoms with van der Waals surface area (Å²) in [5.41, 5.74) is 2.67. The number of halogens is 1. The maximum Gasteiger partial charge on any atom is 0.223 e. The Kier molecular flexibility index (Phi) is 5.90. The fraction of sp³-hybridized carbons (Fsp3) is 0.450. The SMILES string of the molecule is COc1ccc(-c2csc(CNC(=O)C3CC34CCNCC4)c2)cc1.Cl. The van der Waals surface area contributed by atoms with Gasteiger partial charge in [0.1, 0.15) is 5.75 Å². The fourth-order valence-electron chi connectivity index (χ4n) is 3.90. The normalized spacial score (nSPS) is 20.3. The molecule has 1 aliphatic carbocycles. The van der Waals surface area contributed by atoms with Crippen molar-refractivity contribution in [1.82, 2.24) is 10.6 Å². The van der Waals surface area contributed by atoms with Gasteiger partial charge in [-0.05, 0) is 72.5 Å². The number of methoxy groups -OCH3 is 1. The van der Waals surface area contributed by atoms with Crippen LogP contribution in [0.4, 0.5) is 0 Å². The van der Waals surface area contributed by atoms with E-state index in [1.807, 2.05) is 12.1 Å². The summed E-state index contributed by atoms with van der Waals surface area (Å²) in [5, 5.41) is 8.68. The third kappa shape index (κ3) is 3.90. The minimum absolute atomic E-state index is 0. The standard InChI is InChI=1S/C20H24N2O2S.ClH/c1-24-16-4-2-14(3-5-16)15-10-17(25-13-15)12-22-19(23)18-11-20(18)6-8-21-9-7-20;/h2-5,10,13,18,21H,6-9,11-12H2,1H3,(H,22,23);1H. The largest absolute Gasteiger partial charge is 0.497 e. The van der Waals surface area contributed by atoms with Gasteiger partial charge in [-0.25, -0.2) is 0 Å². The third-order valence-corrected chi connectivity index (χ3v) is 6.56. The number of amides is 1. The molecule has 1 amide bonds. The first-order valence-electron chi connectivity index (χ1n) is 8.90. The van der Waals surface area contributed by atoms with Crippen LogP contribution in [-0.4, -0.2) is 26.1 Å². The minimum Gasteiger partial charge on any atom is -0.497 e. The Morgan fingerprint density at radius 3 is 2.69 bits per heavy atom. The summed E-state index contributed by atoms with van der Waals surface area (Å²) >= 11 is 1.70. The van der Waals surface area contributed by atoms with Crippen LogP contribution in [0.3, 0.4) is 0 Å². The highest BCUT2D eigenvalue weighted by Crippen LogP contribution is 2.58. The average molecular weight is 393 g/mol. The van der Waals surface area contributed by atoms with Gasteiger partial charge in [0, 0.05) is 10.8 Å². The maximum atomic E-state index is 12.5. The molecule has 0 radical (unpaired) electrons. The highest BCUT2D eigenvalue weighted by Gasteiger charge is 2.57. The Balaban J connectivity index is 0.00000196. The molecule has 4 nitrogen and oxygen atoms in total. The number of hydrogen-bond donors (Lipinski definition) is 2. The highest BCUT2D eigenvalue weighted by molar-refractivity contribution is 7.10. The average Bonchev–Trinajstić information content (AvgIpc) is 3.14. The number of thiophene rings is 1. The lowest BCUT2D eigenvalue weighted by atomic mass is 9.92. The molecule has 6 heteroatoms. The van der Waals surface area contributed by atoms with Crippen molar-refractivity contribution >= 4 is 29.7 Å². The molecule has 1 atom stereocenters. The molecule has 140 valence electrons. The predicted molar refractivity (Wildman–Crippen MR) is 108 cm³/mol. The lowest BCUT2D eigenvalue weighted by Gasteiger charge is -2.23.